The minimum absolute atomic E-state index is 0.0721. The zero-order valence-electron chi connectivity index (χ0n) is 10.4. The molecule has 5 nitrogen and oxygen atoms in total. The minimum Gasteiger partial charge on any atom is -0.481 e. The third-order valence-electron chi connectivity index (χ3n) is 3.46. The molecule has 1 saturated heterocycles. The molecule has 0 spiro atoms. The number of aromatic nitrogens is 2. The van der Waals surface area contributed by atoms with Crippen LogP contribution in [0.3, 0.4) is 0 Å². The lowest BCUT2D eigenvalue weighted by Gasteiger charge is -2.24. The lowest BCUT2D eigenvalue weighted by atomic mass is 10.1. The van der Waals surface area contributed by atoms with Crippen molar-refractivity contribution in [2.45, 2.75) is 39.2 Å². The third kappa shape index (κ3) is 2.49. The molecule has 1 aliphatic rings. The van der Waals surface area contributed by atoms with Gasteiger partial charge in [-0.1, -0.05) is 0 Å². The van der Waals surface area contributed by atoms with Crippen molar-refractivity contribution in [3.63, 3.8) is 0 Å². The van der Waals surface area contributed by atoms with Gasteiger partial charge in [0.05, 0.1) is 18.2 Å². The third-order valence-corrected chi connectivity index (χ3v) is 3.46. The molecular weight excluding hydrogens is 218 g/mol. The second-order valence-electron chi connectivity index (χ2n) is 4.65. The summed E-state index contributed by atoms with van der Waals surface area (Å²) in [7, 11) is 0. The number of aryl methyl sites for hydroxylation is 1. The smallest absolute Gasteiger partial charge is 0.307 e. The van der Waals surface area contributed by atoms with E-state index in [0.29, 0.717) is 6.04 Å². The maximum atomic E-state index is 10.8. The molecule has 1 aromatic heterocycles. The lowest BCUT2D eigenvalue weighted by Crippen LogP contribution is -2.30. The second kappa shape index (κ2) is 4.87. The topological polar surface area (TPSA) is 67.2 Å². The van der Waals surface area contributed by atoms with Gasteiger partial charge >= 0.3 is 5.97 Å². The second-order valence-corrected chi connectivity index (χ2v) is 4.65. The van der Waals surface area contributed by atoms with Crippen LogP contribution in [-0.2, 0) is 11.2 Å². The van der Waals surface area contributed by atoms with Gasteiger partial charge in [-0.3, -0.25) is 9.48 Å². The van der Waals surface area contributed by atoms with E-state index in [1.165, 1.54) is 0 Å². The molecule has 0 saturated carbocycles. The van der Waals surface area contributed by atoms with E-state index in [0.717, 1.165) is 42.9 Å². The first-order valence-electron chi connectivity index (χ1n) is 6.06. The summed E-state index contributed by atoms with van der Waals surface area (Å²) in [5.74, 6) is -0.791. The molecule has 2 N–H and O–H groups in total. The highest BCUT2D eigenvalue weighted by Gasteiger charge is 2.21. The molecule has 1 fully saturated rings. The summed E-state index contributed by atoms with van der Waals surface area (Å²) in [6.45, 7) is 5.89. The molecule has 94 valence electrons. The summed E-state index contributed by atoms with van der Waals surface area (Å²) in [5, 5.41) is 16.7. The number of aliphatic carboxylic acids is 1. The predicted octanol–water partition coefficient (Wildman–Crippen LogP) is 1.05. The highest BCUT2D eigenvalue weighted by atomic mass is 16.4. The van der Waals surface area contributed by atoms with Crippen molar-refractivity contribution in [3.8, 4) is 0 Å². The van der Waals surface area contributed by atoms with Crippen LogP contribution in [-0.4, -0.2) is 33.9 Å². The van der Waals surface area contributed by atoms with Crippen LogP contribution in [0.15, 0.2) is 0 Å². The Balaban J connectivity index is 2.26. The van der Waals surface area contributed by atoms with E-state index in [9.17, 15) is 4.79 Å². The summed E-state index contributed by atoms with van der Waals surface area (Å²) >= 11 is 0. The SMILES string of the molecule is Cc1nn(C2CCNCC2)c(C)c1CC(=O)O. The first-order chi connectivity index (χ1) is 8.09. The van der Waals surface area contributed by atoms with Gasteiger partial charge in [-0.15, -0.1) is 0 Å². The molecule has 17 heavy (non-hydrogen) atoms. The van der Waals surface area contributed by atoms with E-state index in [-0.39, 0.29) is 6.42 Å². The lowest BCUT2D eigenvalue weighted by molar-refractivity contribution is -0.136. The molecule has 1 aromatic rings. The Morgan fingerprint density at radius 2 is 2.12 bits per heavy atom. The van der Waals surface area contributed by atoms with Crippen LogP contribution in [0.4, 0.5) is 0 Å². The number of carbonyl (C=O) groups is 1. The maximum Gasteiger partial charge on any atom is 0.307 e. The summed E-state index contributed by atoms with van der Waals surface area (Å²) in [6.07, 6.45) is 2.20. The molecular formula is C12H19N3O2. The number of hydrogen-bond donors (Lipinski definition) is 2. The van der Waals surface area contributed by atoms with Gasteiger partial charge in [-0.2, -0.15) is 5.10 Å². The summed E-state index contributed by atoms with van der Waals surface area (Å²) in [6, 6.07) is 0.414. The summed E-state index contributed by atoms with van der Waals surface area (Å²) in [5.41, 5.74) is 2.73. The van der Waals surface area contributed by atoms with Gasteiger partial charge in [0.2, 0.25) is 0 Å². The van der Waals surface area contributed by atoms with Crippen molar-refractivity contribution in [2.75, 3.05) is 13.1 Å². The first kappa shape index (κ1) is 12.1. The van der Waals surface area contributed by atoms with Crippen LogP contribution >= 0.6 is 0 Å². The van der Waals surface area contributed by atoms with E-state index in [4.69, 9.17) is 5.11 Å². The number of nitrogens with zero attached hydrogens (tertiary/aromatic N) is 2. The van der Waals surface area contributed by atoms with Gasteiger partial charge in [0, 0.05) is 11.3 Å². The highest BCUT2D eigenvalue weighted by molar-refractivity contribution is 5.70. The first-order valence-corrected chi connectivity index (χ1v) is 6.06. The highest BCUT2D eigenvalue weighted by Crippen LogP contribution is 2.23. The van der Waals surface area contributed by atoms with Crippen LogP contribution in [0.1, 0.15) is 35.8 Å². The van der Waals surface area contributed by atoms with Gasteiger partial charge in [0.15, 0.2) is 0 Å². The maximum absolute atomic E-state index is 10.8. The largest absolute Gasteiger partial charge is 0.481 e. The molecule has 5 heteroatoms. The quantitative estimate of drug-likeness (QED) is 0.824. The molecule has 0 aliphatic carbocycles. The van der Waals surface area contributed by atoms with Crippen LogP contribution in [0.5, 0.6) is 0 Å². The standard InChI is InChI=1S/C12H19N3O2/c1-8-11(7-12(16)17)9(2)15(14-8)10-3-5-13-6-4-10/h10,13H,3-7H2,1-2H3,(H,16,17). The van der Waals surface area contributed by atoms with Gasteiger partial charge in [-0.25, -0.2) is 0 Å². The molecule has 2 heterocycles. The number of piperidine rings is 1. The van der Waals surface area contributed by atoms with E-state index >= 15 is 0 Å². The van der Waals surface area contributed by atoms with Crippen molar-refractivity contribution in [3.05, 3.63) is 17.0 Å². The van der Waals surface area contributed by atoms with E-state index < -0.39 is 5.97 Å². The summed E-state index contributed by atoms with van der Waals surface area (Å²) in [4.78, 5) is 10.8. The van der Waals surface area contributed by atoms with Gasteiger partial charge in [0.1, 0.15) is 0 Å². The Morgan fingerprint density at radius 1 is 1.47 bits per heavy atom. The molecule has 0 unspecified atom stereocenters. The van der Waals surface area contributed by atoms with Crippen molar-refractivity contribution in [2.24, 2.45) is 0 Å². The number of rotatable bonds is 3. The zero-order chi connectivity index (χ0) is 12.4. The average molecular weight is 237 g/mol. The number of carboxylic acids is 1. The molecule has 0 bridgehead atoms. The monoisotopic (exact) mass is 237 g/mol. The van der Waals surface area contributed by atoms with Crippen LogP contribution in [0.25, 0.3) is 0 Å². The summed E-state index contributed by atoms with van der Waals surface area (Å²) < 4.78 is 2.02. The predicted molar refractivity (Wildman–Crippen MR) is 64.2 cm³/mol. The molecule has 0 atom stereocenters. The Bertz CT molecular complexity index is 420. The van der Waals surface area contributed by atoms with E-state index in [1.807, 2.05) is 18.5 Å². The Labute approximate surface area is 101 Å². The molecule has 2 rings (SSSR count). The van der Waals surface area contributed by atoms with Crippen LogP contribution in [0, 0.1) is 13.8 Å². The normalized spacial score (nSPS) is 17.3. The fourth-order valence-corrected chi connectivity index (χ4v) is 2.51. The number of hydrogen-bond acceptors (Lipinski definition) is 3. The molecule has 0 amide bonds. The fourth-order valence-electron chi connectivity index (χ4n) is 2.51. The fraction of sp³-hybridized carbons (Fsp3) is 0.667. The van der Waals surface area contributed by atoms with Crippen LogP contribution < -0.4 is 5.32 Å². The molecule has 1 aliphatic heterocycles. The van der Waals surface area contributed by atoms with E-state index in [2.05, 4.69) is 10.4 Å². The van der Waals surface area contributed by atoms with Gasteiger partial charge < -0.3 is 10.4 Å². The minimum atomic E-state index is -0.791. The Morgan fingerprint density at radius 3 is 2.71 bits per heavy atom. The molecule has 0 radical (unpaired) electrons. The van der Waals surface area contributed by atoms with Crippen LogP contribution in [0.2, 0.25) is 0 Å². The Kier molecular flexibility index (Phi) is 3.47. The van der Waals surface area contributed by atoms with Gasteiger partial charge in [-0.05, 0) is 39.8 Å². The van der Waals surface area contributed by atoms with Crippen molar-refractivity contribution >= 4 is 5.97 Å². The van der Waals surface area contributed by atoms with E-state index in [1.54, 1.807) is 0 Å². The Hall–Kier alpha value is -1.36. The number of carboxylic acid groups (broad SMARTS) is 1. The van der Waals surface area contributed by atoms with Crippen molar-refractivity contribution in [1.82, 2.24) is 15.1 Å². The van der Waals surface area contributed by atoms with Crippen molar-refractivity contribution < 1.29 is 9.90 Å². The molecule has 0 aromatic carbocycles. The average Bonchev–Trinajstić information content (AvgIpc) is 2.58. The number of nitrogens with one attached hydrogen (secondary N) is 1. The van der Waals surface area contributed by atoms with Crippen molar-refractivity contribution in [1.29, 1.82) is 0 Å². The zero-order valence-corrected chi connectivity index (χ0v) is 10.4. The van der Waals surface area contributed by atoms with Gasteiger partial charge in [0.25, 0.3) is 0 Å².